The maximum Gasteiger partial charge on any atom is 0.189 e. The lowest BCUT2D eigenvalue weighted by Gasteiger charge is -2.14. The molecule has 1 atom stereocenters. The molecule has 3 nitrogen and oxygen atoms in total. The minimum Gasteiger partial charge on any atom is -0.467 e. The maximum absolute atomic E-state index is 5.94. The highest BCUT2D eigenvalue weighted by atomic mass is 79.9. The number of halogens is 1. The zero-order valence-corrected chi connectivity index (χ0v) is 13.0. The van der Waals surface area contributed by atoms with Gasteiger partial charge in [0.25, 0.3) is 0 Å². The van der Waals surface area contributed by atoms with Gasteiger partial charge in [0.1, 0.15) is 5.75 Å². The fourth-order valence-corrected chi connectivity index (χ4v) is 2.22. The number of nitrogens with two attached hydrogens (primary N) is 1. The molecule has 2 aromatic rings. The Labute approximate surface area is 127 Å². The first-order valence-electron chi connectivity index (χ1n) is 6.46. The molecular weight excluding hydrogens is 318 g/mol. The summed E-state index contributed by atoms with van der Waals surface area (Å²) in [6, 6.07) is 15.7. The summed E-state index contributed by atoms with van der Waals surface area (Å²) in [5, 5.41) is 0. The van der Waals surface area contributed by atoms with Gasteiger partial charge in [-0.1, -0.05) is 46.3 Å². The molecule has 0 saturated heterocycles. The topological polar surface area (TPSA) is 44.5 Å². The number of hydrogen-bond acceptors (Lipinski definition) is 3. The molecular formula is C16H18BrNO2. The summed E-state index contributed by atoms with van der Waals surface area (Å²) < 4.78 is 12.2. The molecule has 0 heterocycles. The van der Waals surface area contributed by atoms with Crippen molar-refractivity contribution in [1.82, 2.24) is 0 Å². The van der Waals surface area contributed by atoms with E-state index in [1.165, 1.54) is 0 Å². The van der Waals surface area contributed by atoms with Crippen molar-refractivity contribution in [3.05, 3.63) is 64.1 Å². The number of benzene rings is 2. The fraction of sp³-hybridized carbons (Fsp3) is 0.250. The largest absolute Gasteiger partial charge is 0.467 e. The molecule has 2 N–H and O–H groups in total. The van der Waals surface area contributed by atoms with Gasteiger partial charge in [-0.05, 0) is 30.7 Å². The van der Waals surface area contributed by atoms with Gasteiger partial charge in [-0.15, -0.1) is 0 Å². The van der Waals surface area contributed by atoms with Crippen LogP contribution in [0.15, 0.2) is 53.0 Å². The third-order valence-electron chi connectivity index (χ3n) is 2.87. The van der Waals surface area contributed by atoms with Crippen LogP contribution in [-0.2, 0) is 11.3 Å². The SMILES string of the molecule is C[C@@H](N)c1cc(Br)ccc1OCOCc1ccccc1. The molecule has 0 aliphatic rings. The lowest BCUT2D eigenvalue weighted by molar-refractivity contribution is 0.00440. The van der Waals surface area contributed by atoms with Crippen LogP contribution in [-0.4, -0.2) is 6.79 Å². The Kier molecular flexibility index (Phi) is 5.59. The summed E-state index contributed by atoms with van der Waals surface area (Å²) in [5.41, 5.74) is 8.02. The van der Waals surface area contributed by atoms with E-state index in [2.05, 4.69) is 15.9 Å². The van der Waals surface area contributed by atoms with E-state index in [-0.39, 0.29) is 12.8 Å². The zero-order chi connectivity index (χ0) is 14.4. The van der Waals surface area contributed by atoms with Gasteiger partial charge < -0.3 is 15.2 Å². The highest BCUT2D eigenvalue weighted by molar-refractivity contribution is 9.10. The molecule has 0 fully saturated rings. The highest BCUT2D eigenvalue weighted by Crippen LogP contribution is 2.27. The molecule has 0 bridgehead atoms. The van der Waals surface area contributed by atoms with Crippen molar-refractivity contribution < 1.29 is 9.47 Å². The zero-order valence-electron chi connectivity index (χ0n) is 11.4. The molecule has 2 rings (SSSR count). The fourth-order valence-electron chi connectivity index (χ4n) is 1.85. The Balaban J connectivity index is 1.88. The van der Waals surface area contributed by atoms with Gasteiger partial charge in [0.2, 0.25) is 0 Å². The van der Waals surface area contributed by atoms with Gasteiger partial charge in [-0.3, -0.25) is 0 Å². The Morgan fingerprint density at radius 1 is 1.15 bits per heavy atom. The smallest absolute Gasteiger partial charge is 0.189 e. The minimum absolute atomic E-state index is 0.0865. The van der Waals surface area contributed by atoms with Crippen molar-refractivity contribution in [3.63, 3.8) is 0 Å². The van der Waals surface area contributed by atoms with Crippen molar-refractivity contribution in [1.29, 1.82) is 0 Å². The van der Waals surface area contributed by atoms with E-state index < -0.39 is 0 Å². The molecule has 0 aliphatic carbocycles. The normalized spacial score (nSPS) is 12.2. The average molecular weight is 336 g/mol. The van der Waals surface area contributed by atoms with Crippen LogP contribution in [0.25, 0.3) is 0 Å². The molecule has 0 amide bonds. The first-order chi connectivity index (χ1) is 9.66. The van der Waals surface area contributed by atoms with Crippen LogP contribution in [0, 0.1) is 0 Å². The van der Waals surface area contributed by atoms with E-state index >= 15 is 0 Å². The lowest BCUT2D eigenvalue weighted by Crippen LogP contribution is -2.10. The summed E-state index contributed by atoms with van der Waals surface area (Å²) in [6.07, 6.45) is 0. The van der Waals surface area contributed by atoms with Gasteiger partial charge in [0.05, 0.1) is 6.61 Å². The van der Waals surface area contributed by atoms with Crippen LogP contribution in [0.2, 0.25) is 0 Å². The number of rotatable bonds is 6. The van der Waals surface area contributed by atoms with Crippen molar-refractivity contribution in [3.8, 4) is 5.75 Å². The molecule has 4 heteroatoms. The van der Waals surface area contributed by atoms with Crippen LogP contribution in [0.1, 0.15) is 24.1 Å². The van der Waals surface area contributed by atoms with Crippen molar-refractivity contribution >= 4 is 15.9 Å². The van der Waals surface area contributed by atoms with Gasteiger partial charge in [-0.2, -0.15) is 0 Å². The van der Waals surface area contributed by atoms with Crippen LogP contribution in [0.5, 0.6) is 5.75 Å². The molecule has 0 aliphatic heterocycles. The van der Waals surface area contributed by atoms with Gasteiger partial charge in [0.15, 0.2) is 6.79 Å². The maximum atomic E-state index is 5.94. The molecule has 0 spiro atoms. The second-order valence-electron chi connectivity index (χ2n) is 4.57. The van der Waals surface area contributed by atoms with Crippen molar-refractivity contribution in [2.75, 3.05) is 6.79 Å². The van der Waals surface area contributed by atoms with E-state index in [0.717, 1.165) is 21.3 Å². The number of hydrogen-bond donors (Lipinski definition) is 1. The lowest BCUT2D eigenvalue weighted by atomic mass is 10.1. The molecule has 0 aromatic heterocycles. The molecule has 20 heavy (non-hydrogen) atoms. The van der Waals surface area contributed by atoms with Crippen molar-refractivity contribution in [2.45, 2.75) is 19.6 Å². The third-order valence-corrected chi connectivity index (χ3v) is 3.36. The van der Waals surface area contributed by atoms with E-state index in [4.69, 9.17) is 15.2 Å². The second kappa shape index (κ2) is 7.43. The Bertz CT molecular complexity index is 543. The average Bonchev–Trinajstić information content (AvgIpc) is 2.45. The number of ether oxygens (including phenoxy) is 2. The van der Waals surface area contributed by atoms with Crippen molar-refractivity contribution in [2.24, 2.45) is 5.73 Å². The Hall–Kier alpha value is -1.36. The quantitative estimate of drug-likeness (QED) is 0.640. The predicted octanol–water partition coefficient (Wildman–Crippen LogP) is 4.02. The molecule has 0 radical (unpaired) electrons. The van der Waals surface area contributed by atoms with Crippen LogP contribution in [0.4, 0.5) is 0 Å². The van der Waals surface area contributed by atoms with Gasteiger partial charge in [-0.25, -0.2) is 0 Å². The summed E-state index contributed by atoms with van der Waals surface area (Å²) in [5.74, 6) is 0.760. The van der Waals surface area contributed by atoms with E-state index in [1.807, 2.05) is 55.5 Å². The van der Waals surface area contributed by atoms with Crippen LogP contribution >= 0.6 is 15.9 Å². The predicted molar refractivity (Wildman–Crippen MR) is 83.5 cm³/mol. The van der Waals surface area contributed by atoms with E-state index in [1.54, 1.807) is 0 Å². The van der Waals surface area contributed by atoms with E-state index in [9.17, 15) is 0 Å². The summed E-state index contributed by atoms with van der Waals surface area (Å²) >= 11 is 3.43. The second-order valence-corrected chi connectivity index (χ2v) is 5.48. The molecule has 0 saturated carbocycles. The van der Waals surface area contributed by atoms with Gasteiger partial charge >= 0.3 is 0 Å². The van der Waals surface area contributed by atoms with Crippen LogP contribution < -0.4 is 10.5 Å². The van der Waals surface area contributed by atoms with Gasteiger partial charge in [0, 0.05) is 16.1 Å². The Morgan fingerprint density at radius 2 is 1.90 bits per heavy atom. The molecule has 106 valence electrons. The minimum atomic E-state index is -0.0865. The molecule has 2 aromatic carbocycles. The summed E-state index contributed by atoms with van der Waals surface area (Å²) in [4.78, 5) is 0. The first-order valence-corrected chi connectivity index (χ1v) is 7.25. The highest BCUT2D eigenvalue weighted by Gasteiger charge is 2.08. The summed E-state index contributed by atoms with van der Waals surface area (Å²) in [6.45, 7) is 2.67. The third kappa shape index (κ3) is 4.34. The van der Waals surface area contributed by atoms with E-state index in [0.29, 0.717) is 6.61 Å². The monoisotopic (exact) mass is 335 g/mol. The standard InChI is InChI=1S/C16H18BrNO2/c1-12(18)15-9-14(17)7-8-16(15)20-11-19-10-13-5-3-2-4-6-13/h2-9,12H,10-11,18H2,1H3/t12-/m1/s1. The van der Waals surface area contributed by atoms with Crippen LogP contribution in [0.3, 0.4) is 0 Å². The first kappa shape index (κ1) is 15.0. The summed E-state index contributed by atoms with van der Waals surface area (Å²) in [7, 11) is 0. The molecule has 0 unspecified atom stereocenters. The Morgan fingerprint density at radius 3 is 2.60 bits per heavy atom.